The minimum atomic E-state index is -0.0163. The maximum atomic E-state index is 11.5. The summed E-state index contributed by atoms with van der Waals surface area (Å²) in [5.74, 6) is 0.00445. The van der Waals surface area contributed by atoms with Crippen LogP contribution in [0.15, 0.2) is 12.4 Å². The Morgan fingerprint density at radius 2 is 2.44 bits per heavy atom. The maximum absolute atomic E-state index is 11.5. The summed E-state index contributed by atoms with van der Waals surface area (Å²) in [6.45, 7) is 5.17. The van der Waals surface area contributed by atoms with Crippen molar-refractivity contribution in [2.24, 2.45) is 0 Å². The number of aromatic nitrogens is 2. The first-order chi connectivity index (χ1) is 7.74. The zero-order valence-corrected chi connectivity index (χ0v) is 9.82. The van der Waals surface area contributed by atoms with Gasteiger partial charge in [0.2, 0.25) is 5.91 Å². The van der Waals surface area contributed by atoms with Gasteiger partial charge in [-0.05, 0) is 13.3 Å². The Kier molecular flexibility index (Phi) is 5.56. The number of ether oxygens (including phenoxy) is 1. The lowest BCUT2D eigenvalue weighted by Crippen LogP contribution is -2.27. The fourth-order valence-corrected chi connectivity index (χ4v) is 1.31. The van der Waals surface area contributed by atoms with Crippen LogP contribution in [0.1, 0.15) is 38.3 Å². The summed E-state index contributed by atoms with van der Waals surface area (Å²) in [5, 5.41) is 9.43. The number of hydrogen-bond donors (Lipinski definition) is 2. The molecule has 0 spiro atoms. The Hall–Kier alpha value is -1.36. The van der Waals surface area contributed by atoms with E-state index in [2.05, 4.69) is 15.5 Å². The summed E-state index contributed by atoms with van der Waals surface area (Å²) in [6.07, 6.45) is 4.87. The van der Waals surface area contributed by atoms with Crippen molar-refractivity contribution in [2.75, 3.05) is 13.2 Å². The van der Waals surface area contributed by atoms with Gasteiger partial charge in [0, 0.05) is 24.8 Å². The number of H-pyrrole nitrogens is 1. The monoisotopic (exact) mass is 225 g/mol. The Bertz CT molecular complexity index is 298. The first kappa shape index (κ1) is 12.7. The van der Waals surface area contributed by atoms with E-state index in [4.69, 9.17) is 4.74 Å². The minimum absolute atomic E-state index is 0.00445. The summed E-state index contributed by atoms with van der Waals surface area (Å²) < 4.78 is 5.25. The highest BCUT2D eigenvalue weighted by Gasteiger charge is 2.09. The predicted molar refractivity (Wildman–Crippen MR) is 60.9 cm³/mol. The average molecular weight is 225 g/mol. The van der Waals surface area contributed by atoms with Gasteiger partial charge in [-0.2, -0.15) is 5.10 Å². The highest BCUT2D eigenvalue weighted by atomic mass is 16.5. The van der Waals surface area contributed by atoms with Crippen LogP contribution in [0.25, 0.3) is 0 Å². The molecule has 2 N–H and O–H groups in total. The molecule has 0 saturated carbocycles. The SMILES string of the molecule is CCCOCCC(=O)NC(C)c1cn[nH]c1. The van der Waals surface area contributed by atoms with E-state index in [-0.39, 0.29) is 11.9 Å². The second-order valence-corrected chi connectivity index (χ2v) is 3.68. The molecule has 5 nitrogen and oxygen atoms in total. The molecule has 0 bridgehead atoms. The lowest BCUT2D eigenvalue weighted by Gasteiger charge is -2.11. The number of carbonyl (C=O) groups is 1. The molecule has 16 heavy (non-hydrogen) atoms. The molecule has 0 aliphatic rings. The standard InChI is InChI=1S/C11H19N3O2/c1-3-5-16-6-4-11(15)14-9(2)10-7-12-13-8-10/h7-9H,3-6H2,1-2H3,(H,12,13)(H,14,15). The third-order valence-corrected chi connectivity index (χ3v) is 2.22. The van der Waals surface area contributed by atoms with E-state index in [1.807, 2.05) is 13.8 Å². The third kappa shape index (κ3) is 4.44. The van der Waals surface area contributed by atoms with Crippen LogP contribution in [0.4, 0.5) is 0 Å². The van der Waals surface area contributed by atoms with E-state index in [0.29, 0.717) is 19.6 Å². The molecule has 1 amide bonds. The van der Waals surface area contributed by atoms with Crippen LogP contribution in [0.5, 0.6) is 0 Å². The van der Waals surface area contributed by atoms with E-state index in [0.717, 1.165) is 12.0 Å². The second-order valence-electron chi connectivity index (χ2n) is 3.68. The van der Waals surface area contributed by atoms with Crippen LogP contribution >= 0.6 is 0 Å². The number of amides is 1. The van der Waals surface area contributed by atoms with Gasteiger partial charge in [-0.15, -0.1) is 0 Å². The van der Waals surface area contributed by atoms with Crippen molar-refractivity contribution in [1.29, 1.82) is 0 Å². The quantitative estimate of drug-likeness (QED) is 0.689. The summed E-state index contributed by atoms with van der Waals surface area (Å²) in [5.41, 5.74) is 0.975. The van der Waals surface area contributed by atoms with Crippen LogP contribution in [0.2, 0.25) is 0 Å². The van der Waals surface area contributed by atoms with Crippen molar-refractivity contribution >= 4 is 5.91 Å². The fraction of sp³-hybridized carbons (Fsp3) is 0.636. The van der Waals surface area contributed by atoms with Crippen molar-refractivity contribution in [1.82, 2.24) is 15.5 Å². The highest BCUT2D eigenvalue weighted by molar-refractivity contribution is 5.76. The Morgan fingerprint density at radius 3 is 3.06 bits per heavy atom. The Balaban J connectivity index is 2.19. The van der Waals surface area contributed by atoms with Crippen molar-refractivity contribution in [3.8, 4) is 0 Å². The van der Waals surface area contributed by atoms with E-state index >= 15 is 0 Å². The van der Waals surface area contributed by atoms with Crippen molar-refractivity contribution in [3.05, 3.63) is 18.0 Å². The normalized spacial score (nSPS) is 12.4. The van der Waals surface area contributed by atoms with E-state index in [1.165, 1.54) is 0 Å². The molecule has 1 rings (SSSR count). The third-order valence-electron chi connectivity index (χ3n) is 2.22. The number of rotatable bonds is 7. The molecule has 0 fully saturated rings. The van der Waals surface area contributed by atoms with Crippen molar-refractivity contribution in [3.63, 3.8) is 0 Å². The fourth-order valence-electron chi connectivity index (χ4n) is 1.31. The average Bonchev–Trinajstić information content (AvgIpc) is 2.77. The molecule has 1 aromatic heterocycles. The first-order valence-corrected chi connectivity index (χ1v) is 5.59. The molecular formula is C11H19N3O2. The molecule has 1 aromatic rings. The zero-order chi connectivity index (χ0) is 11.8. The van der Waals surface area contributed by atoms with Crippen LogP contribution in [0.3, 0.4) is 0 Å². The summed E-state index contributed by atoms with van der Waals surface area (Å²) in [7, 11) is 0. The molecule has 0 radical (unpaired) electrons. The van der Waals surface area contributed by atoms with Crippen LogP contribution in [-0.2, 0) is 9.53 Å². The van der Waals surface area contributed by atoms with Gasteiger partial charge >= 0.3 is 0 Å². The molecule has 0 aliphatic carbocycles. The molecule has 1 heterocycles. The highest BCUT2D eigenvalue weighted by Crippen LogP contribution is 2.08. The number of hydrogen-bond acceptors (Lipinski definition) is 3. The summed E-state index contributed by atoms with van der Waals surface area (Å²) in [6, 6.07) is -0.0163. The maximum Gasteiger partial charge on any atom is 0.222 e. The van der Waals surface area contributed by atoms with E-state index in [9.17, 15) is 4.79 Å². The van der Waals surface area contributed by atoms with Gasteiger partial charge in [0.05, 0.1) is 18.8 Å². The Morgan fingerprint density at radius 1 is 1.62 bits per heavy atom. The van der Waals surface area contributed by atoms with Gasteiger partial charge in [0.1, 0.15) is 0 Å². The van der Waals surface area contributed by atoms with Gasteiger partial charge < -0.3 is 10.1 Å². The minimum Gasteiger partial charge on any atom is -0.381 e. The van der Waals surface area contributed by atoms with Crippen LogP contribution in [-0.4, -0.2) is 29.3 Å². The molecule has 0 aliphatic heterocycles. The second kappa shape index (κ2) is 7.00. The van der Waals surface area contributed by atoms with Crippen LogP contribution < -0.4 is 5.32 Å². The summed E-state index contributed by atoms with van der Waals surface area (Å²) in [4.78, 5) is 11.5. The molecule has 0 aromatic carbocycles. The number of aromatic amines is 1. The molecule has 0 saturated heterocycles. The number of carbonyl (C=O) groups excluding carboxylic acids is 1. The topological polar surface area (TPSA) is 67.0 Å². The first-order valence-electron chi connectivity index (χ1n) is 5.59. The summed E-state index contributed by atoms with van der Waals surface area (Å²) >= 11 is 0. The van der Waals surface area contributed by atoms with Crippen molar-refractivity contribution < 1.29 is 9.53 Å². The van der Waals surface area contributed by atoms with Gasteiger partial charge in [0.15, 0.2) is 0 Å². The number of nitrogens with one attached hydrogen (secondary N) is 2. The molecule has 5 heteroatoms. The van der Waals surface area contributed by atoms with Gasteiger partial charge in [-0.1, -0.05) is 6.92 Å². The van der Waals surface area contributed by atoms with E-state index < -0.39 is 0 Å². The largest absolute Gasteiger partial charge is 0.381 e. The Labute approximate surface area is 95.6 Å². The number of nitrogens with zero attached hydrogens (tertiary/aromatic N) is 1. The van der Waals surface area contributed by atoms with Gasteiger partial charge in [-0.25, -0.2) is 0 Å². The molecular weight excluding hydrogens is 206 g/mol. The molecule has 1 atom stereocenters. The predicted octanol–water partition coefficient (Wildman–Crippen LogP) is 1.40. The molecule has 1 unspecified atom stereocenters. The van der Waals surface area contributed by atoms with Crippen LogP contribution in [0, 0.1) is 0 Å². The lowest BCUT2D eigenvalue weighted by atomic mass is 10.2. The van der Waals surface area contributed by atoms with Crippen molar-refractivity contribution in [2.45, 2.75) is 32.7 Å². The molecule has 90 valence electrons. The van der Waals surface area contributed by atoms with Gasteiger partial charge in [0.25, 0.3) is 0 Å². The van der Waals surface area contributed by atoms with E-state index in [1.54, 1.807) is 12.4 Å². The zero-order valence-electron chi connectivity index (χ0n) is 9.82. The lowest BCUT2D eigenvalue weighted by molar-refractivity contribution is -0.122. The van der Waals surface area contributed by atoms with Gasteiger partial charge in [-0.3, -0.25) is 9.89 Å². The smallest absolute Gasteiger partial charge is 0.222 e.